The van der Waals surface area contributed by atoms with E-state index in [4.69, 9.17) is 4.74 Å². The zero-order valence-corrected chi connectivity index (χ0v) is 10.9. The highest BCUT2D eigenvalue weighted by Gasteiger charge is 2.19. The first-order valence-corrected chi connectivity index (χ1v) is 5.93. The molecule has 0 saturated carbocycles. The number of nitrogens with one attached hydrogen (secondary N) is 1. The third-order valence-corrected chi connectivity index (χ3v) is 2.70. The number of ether oxygens (including phenoxy) is 1. The van der Waals surface area contributed by atoms with Crippen LogP contribution in [0.4, 0.5) is 0 Å². The van der Waals surface area contributed by atoms with Crippen molar-refractivity contribution in [2.24, 2.45) is 7.05 Å². The molecule has 0 aromatic carbocycles. The summed E-state index contributed by atoms with van der Waals surface area (Å²) in [6, 6.07) is 0. The van der Waals surface area contributed by atoms with Crippen LogP contribution in [-0.4, -0.2) is 47.3 Å². The average Bonchev–Trinajstić information content (AvgIpc) is 2.68. The lowest BCUT2D eigenvalue weighted by atomic mass is 9.98. The van der Waals surface area contributed by atoms with E-state index >= 15 is 0 Å². The summed E-state index contributed by atoms with van der Waals surface area (Å²) in [6.45, 7) is 3.86. The maximum absolute atomic E-state index is 10.2. The Kier molecular flexibility index (Phi) is 5.61. The van der Waals surface area contributed by atoms with Gasteiger partial charge in [0.2, 0.25) is 0 Å². The highest BCUT2D eigenvalue weighted by molar-refractivity contribution is 5.04. The summed E-state index contributed by atoms with van der Waals surface area (Å²) < 4.78 is 6.71. The lowest BCUT2D eigenvalue weighted by Crippen LogP contribution is -2.39. The van der Waals surface area contributed by atoms with E-state index in [0.29, 0.717) is 13.2 Å². The molecule has 2 N–H and O–H groups in total. The normalized spacial score (nSPS) is 14.8. The van der Waals surface area contributed by atoms with Gasteiger partial charge >= 0.3 is 0 Å². The summed E-state index contributed by atoms with van der Waals surface area (Å²) in [7, 11) is 3.57. The molecule has 0 spiro atoms. The maximum Gasteiger partial charge on any atom is 0.0746 e. The third-order valence-electron chi connectivity index (χ3n) is 2.70. The molecule has 0 amide bonds. The molecule has 1 heterocycles. The Morgan fingerprint density at radius 2 is 2.35 bits per heavy atom. The van der Waals surface area contributed by atoms with Crippen LogP contribution in [0.25, 0.3) is 0 Å². The molecule has 0 aliphatic heterocycles. The summed E-state index contributed by atoms with van der Waals surface area (Å²) >= 11 is 0. The third kappa shape index (κ3) is 5.81. The van der Waals surface area contributed by atoms with Gasteiger partial charge in [-0.3, -0.25) is 4.68 Å². The molecule has 5 nitrogen and oxygen atoms in total. The van der Waals surface area contributed by atoms with Crippen molar-refractivity contribution in [3.05, 3.63) is 18.0 Å². The van der Waals surface area contributed by atoms with Gasteiger partial charge < -0.3 is 15.2 Å². The lowest BCUT2D eigenvalue weighted by Gasteiger charge is -2.23. The minimum atomic E-state index is -0.691. The van der Waals surface area contributed by atoms with E-state index < -0.39 is 5.60 Å². The van der Waals surface area contributed by atoms with Crippen molar-refractivity contribution >= 4 is 0 Å². The molecule has 1 aromatic heterocycles. The number of aliphatic hydroxyl groups is 1. The van der Waals surface area contributed by atoms with E-state index in [1.165, 1.54) is 0 Å². The molecule has 98 valence electrons. The first-order valence-electron chi connectivity index (χ1n) is 5.93. The molecule has 1 aromatic rings. The van der Waals surface area contributed by atoms with E-state index in [1.54, 1.807) is 11.8 Å². The van der Waals surface area contributed by atoms with Gasteiger partial charge in [0.25, 0.3) is 0 Å². The van der Waals surface area contributed by atoms with Crippen LogP contribution in [0, 0.1) is 0 Å². The van der Waals surface area contributed by atoms with Crippen molar-refractivity contribution in [3.63, 3.8) is 0 Å². The van der Waals surface area contributed by atoms with Crippen molar-refractivity contribution in [2.45, 2.75) is 25.4 Å². The van der Waals surface area contributed by atoms with E-state index in [2.05, 4.69) is 10.4 Å². The van der Waals surface area contributed by atoms with E-state index in [-0.39, 0.29) is 0 Å². The molecule has 1 atom stereocenters. The molecule has 17 heavy (non-hydrogen) atoms. The lowest BCUT2D eigenvalue weighted by molar-refractivity contribution is 0.0493. The van der Waals surface area contributed by atoms with Crippen molar-refractivity contribution in [1.29, 1.82) is 0 Å². The van der Waals surface area contributed by atoms with Gasteiger partial charge in [0.15, 0.2) is 0 Å². The highest BCUT2D eigenvalue weighted by atomic mass is 16.5. The van der Waals surface area contributed by atoms with Crippen LogP contribution in [0.2, 0.25) is 0 Å². The predicted molar refractivity (Wildman–Crippen MR) is 66.9 cm³/mol. The van der Waals surface area contributed by atoms with Crippen LogP contribution >= 0.6 is 0 Å². The monoisotopic (exact) mass is 241 g/mol. The number of aromatic nitrogens is 2. The summed E-state index contributed by atoms with van der Waals surface area (Å²) in [5.41, 5.74) is 0.466. The number of methoxy groups -OCH3 is 1. The van der Waals surface area contributed by atoms with Crippen LogP contribution < -0.4 is 5.32 Å². The Labute approximate surface area is 103 Å². The standard InChI is InChI=1S/C12H23N3O2/c1-12(16,10-13-6-7-17-3)5-4-11-8-14-15(2)9-11/h8-9,13,16H,4-7,10H2,1-3H3. The Hall–Kier alpha value is -0.910. The topological polar surface area (TPSA) is 59.3 Å². The van der Waals surface area contributed by atoms with Crippen LogP contribution in [0.1, 0.15) is 18.9 Å². The van der Waals surface area contributed by atoms with Crippen molar-refractivity contribution < 1.29 is 9.84 Å². The summed E-state index contributed by atoms with van der Waals surface area (Å²) in [6.07, 6.45) is 5.38. The average molecular weight is 241 g/mol. The van der Waals surface area contributed by atoms with Crippen LogP contribution in [0.15, 0.2) is 12.4 Å². The smallest absolute Gasteiger partial charge is 0.0746 e. The Morgan fingerprint density at radius 1 is 1.59 bits per heavy atom. The Bertz CT molecular complexity index is 323. The van der Waals surface area contributed by atoms with Gasteiger partial charge in [0.1, 0.15) is 0 Å². The van der Waals surface area contributed by atoms with Gasteiger partial charge in [-0.15, -0.1) is 0 Å². The summed E-state index contributed by atoms with van der Waals surface area (Å²) in [4.78, 5) is 0. The minimum absolute atomic E-state index is 0.580. The number of nitrogens with zero attached hydrogens (tertiary/aromatic N) is 2. The zero-order valence-electron chi connectivity index (χ0n) is 10.9. The van der Waals surface area contributed by atoms with Crippen LogP contribution in [0.3, 0.4) is 0 Å². The second-order valence-electron chi connectivity index (χ2n) is 4.69. The van der Waals surface area contributed by atoms with Crippen molar-refractivity contribution in [3.8, 4) is 0 Å². The highest BCUT2D eigenvalue weighted by Crippen LogP contribution is 2.12. The van der Waals surface area contributed by atoms with Crippen molar-refractivity contribution in [2.75, 3.05) is 26.8 Å². The molecule has 0 bridgehead atoms. The number of hydrogen-bond donors (Lipinski definition) is 2. The van der Waals surface area contributed by atoms with Gasteiger partial charge in [-0.25, -0.2) is 0 Å². The SMILES string of the molecule is COCCNCC(C)(O)CCc1cnn(C)c1. The molecule has 0 aliphatic rings. The molecule has 0 aliphatic carbocycles. The minimum Gasteiger partial charge on any atom is -0.389 e. The molecular weight excluding hydrogens is 218 g/mol. The second-order valence-corrected chi connectivity index (χ2v) is 4.69. The van der Waals surface area contributed by atoms with Crippen molar-refractivity contribution in [1.82, 2.24) is 15.1 Å². The molecule has 0 radical (unpaired) electrons. The van der Waals surface area contributed by atoms with Gasteiger partial charge in [-0.05, 0) is 25.3 Å². The van der Waals surface area contributed by atoms with Crippen LogP contribution in [0.5, 0.6) is 0 Å². The first-order chi connectivity index (χ1) is 8.03. The second kappa shape index (κ2) is 6.74. The van der Waals surface area contributed by atoms with Gasteiger partial charge in [0.05, 0.1) is 18.4 Å². The number of hydrogen-bond acceptors (Lipinski definition) is 4. The van der Waals surface area contributed by atoms with Gasteiger partial charge in [-0.1, -0.05) is 0 Å². The van der Waals surface area contributed by atoms with Gasteiger partial charge in [0, 0.05) is 33.4 Å². The number of rotatable bonds is 8. The quantitative estimate of drug-likeness (QED) is 0.644. The summed E-state index contributed by atoms with van der Waals surface area (Å²) in [5, 5.41) is 17.4. The molecule has 5 heteroatoms. The fourth-order valence-corrected chi connectivity index (χ4v) is 1.63. The molecule has 1 rings (SSSR count). The van der Waals surface area contributed by atoms with E-state index in [1.807, 2.05) is 26.4 Å². The molecule has 0 saturated heterocycles. The maximum atomic E-state index is 10.2. The zero-order chi connectivity index (χ0) is 12.7. The van der Waals surface area contributed by atoms with E-state index in [9.17, 15) is 5.11 Å². The summed E-state index contributed by atoms with van der Waals surface area (Å²) in [5.74, 6) is 0. The predicted octanol–water partition coefficient (Wildman–Crippen LogP) is 0.340. The fourth-order valence-electron chi connectivity index (χ4n) is 1.63. The number of aryl methyl sites for hydroxylation is 2. The largest absolute Gasteiger partial charge is 0.389 e. The van der Waals surface area contributed by atoms with E-state index in [0.717, 1.165) is 24.9 Å². The van der Waals surface area contributed by atoms with Crippen LogP contribution in [-0.2, 0) is 18.2 Å². The Balaban J connectivity index is 2.24. The first kappa shape index (κ1) is 14.2. The molecular formula is C12H23N3O2. The van der Waals surface area contributed by atoms with Gasteiger partial charge in [-0.2, -0.15) is 5.10 Å². The molecule has 0 fully saturated rings. The molecule has 1 unspecified atom stereocenters. The fraction of sp³-hybridized carbons (Fsp3) is 0.750. The Morgan fingerprint density at radius 3 is 2.94 bits per heavy atom.